The van der Waals surface area contributed by atoms with Crippen LogP contribution in [0.2, 0.25) is 0 Å². The number of nitrogens with zero attached hydrogens (tertiary/aromatic N) is 4. The molecule has 1 aromatic carbocycles. The molecule has 6 heteroatoms. The van der Waals surface area contributed by atoms with E-state index in [-0.39, 0.29) is 5.91 Å². The number of ether oxygens (including phenoxy) is 1. The highest BCUT2D eigenvalue weighted by molar-refractivity contribution is 6.09. The van der Waals surface area contributed by atoms with Gasteiger partial charge < -0.3 is 14.5 Å². The Labute approximate surface area is 147 Å². The number of anilines is 2. The first-order chi connectivity index (χ1) is 12.2. The lowest BCUT2D eigenvalue weighted by Gasteiger charge is -2.30. The van der Waals surface area contributed by atoms with Crippen molar-refractivity contribution in [2.45, 2.75) is 26.3 Å². The lowest BCUT2D eigenvalue weighted by atomic mass is 10.00. The number of piperidine rings is 1. The van der Waals surface area contributed by atoms with Crippen LogP contribution in [-0.2, 0) is 6.54 Å². The lowest BCUT2D eigenvalue weighted by Crippen LogP contribution is -2.34. The summed E-state index contributed by atoms with van der Waals surface area (Å²) in [6.07, 6.45) is 4.01. The second kappa shape index (κ2) is 6.35. The zero-order chi connectivity index (χ0) is 17.4. The van der Waals surface area contributed by atoms with E-state index in [1.807, 2.05) is 24.3 Å². The van der Waals surface area contributed by atoms with Gasteiger partial charge in [-0.15, -0.1) is 0 Å². The summed E-state index contributed by atoms with van der Waals surface area (Å²) in [6, 6.07) is 7.50. The van der Waals surface area contributed by atoms with Crippen molar-refractivity contribution in [3.05, 3.63) is 41.7 Å². The minimum Gasteiger partial charge on any atom is -0.497 e. The fourth-order valence-electron chi connectivity index (χ4n) is 3.40. The molecule has 2 aliphatic heterocycles. The Morgan fingerprint density at radius 1 is 1.16 bits per heavy atom. The molecule has 130 valence electrons. The molecule has 1 saturated heterocycles. The molecule has 1 fully saturated rings. The molecule has 6 nitrogen and oxygen atoms in total. The zero-order valence-electron chi connectivity index (χ0n) is 14.6. The SMILES string of the molecule is COc1ccc(N2Cc3nc(N4CCC(C)CC4)ncc3C2=O)cc1. The van der Waals surface area contributed by atoms with E-state index in [4.69, 9.17) is 4.74 Å². The van der Waals surface area contributed by atoms with E-state index in [9.17, 15) is 4.79 Å². The first kappa shape index (κ1) is 15.9. The Balaban J connectivity index is 1.56. The highest BCUT2D eigenvalue weighted by Gasteiger charge is 2.31. The number of amides is 1. The van der Waals surface area contributed by atoms with Crippen LogP contribution in [0.25, 0.3) is 0 Å². The number of hydrogen-bond donors (Lipinski definition) is 0. The van der Waals surface area contributed by atoms with Crippen LogP contribution >= 0.6 is 0 Å². The number of carbonyl (C=O) groups excluding carboxylic acids is 1. The molecule has 1 aromatic heterocycles. The van der Waals surface area contributed by atoms with Crippen molar-refractivity contribution in [3.8, 4) is 5.75 Å². The zero-order valence-corrected chi connectivity index (χ0v) is 14.6. The molecule has 0 unspecified atom stereocenters. The Bertz CT molecular complexity index is 783. The van der Waals surface area contributed by atoms with Gasteiger partial charge in [0.2, 0.25) is 5.95 Å². The highest BCUT2D eigenvalue weighted by Crippen LogP contribution is 2.29. The molecule has 3 heterocycles. The summed E-state index contributed by atoms with van der Waals surface area (Å²) in [5.41, 5.74) is 2.26. The molecule has 1 amide bonds. The Morgan fingerprint density at radius 2 is 1.88 bits per heavy atom. The van der Waals surface area contributed by atoms with Gasteiger partial charge in [0, 0.05) is 25.0 Å². The van der Waals surface area contributed by atoms with Crippen LogP contribution in [0.5, 0.6) is 5.75 Å². The average molecular weight is 338 g/mol. The third kappa shape index (κ3) is 2.92. The van der Waals surface area contributed by atoms with E-state index in [0.29, 0.717) is 12.1 Å². The molecular formula is C19H22N4O2. The number of rotatable bonds is 3. The molecule has 0 spiro atoms. The van der Waals surface area contributed by atoms with Crippen LogP contribution in [0.1, 0.15) is 35.8 Å². The van der Waals surface area contributed by atoms with Crippen molar-refractivity contribution in [2.24, 2.45) is 5.92 Å². The Hall–Kier alpha value is -2.63. The molecular weight excluding hydrogens is 316 g/mol. The summed E-state index contributed by atoms with van der Waals surface area (Å²) < 4.78 is 5.18. The summed E-state index contributed by atoms with van der Waals surface area (Å²) in [5.74, 6) is 2.24. The second-order valence-corrected chi connectivity index (χ2v) is 6.79. The smallest absolute Gasteiger partial charge is 0.262 e. The average Bonchev–Trinajstić information content (AvgIpc) is 2.98. The molecule has 25 heavy (non-hydrogen) atoms. The Kier molecular flexibility index (Phi) is 4.03. The first-order valence-electron chi connectivity index (χ1n) is 8.72. The second-order valence-electron chi connectivity index (χ2n) is 6.79. The largest absolute Gasteiger partial charge is 0.497 e. The number of benzene rings is 1. The third-order valence-corrected chi connectivity index (χ3v) is 5.09. The first-order valence-corrected chi connectivity index (χ1v) is 8.72. The Morgan fingerprint density at radius 3 is 2.56 bits per heavy atom. The van der Waals surface area contributed by atoms with Gasteiger partial charge in [0.1, 0.15) is 5.75 Å². The van der Waals surface area contributed by atoms with E-state index in [0.717, 1.165) is 54.9 Å². The van der Waals surface area contributed by atoms with Gasteiger partial charge in [-0.2, -0.15) is 0 Å². The van der Waals surface area contributed by atoms with E-state index < -0.39 is 0 Å². The molecule has 2 aliphatic rings. The van der Waals surface area contributed by atoms with Crippen molar-refractivity contribution >= 4 is 17.5 Å². The predicted octanol–water partition coefficient (Wildman–Crippen LogP) is 2.88. The molecule has 0 atom stereocenters. The van der Waals surface area contributed by atoms with Gasteiger partial charge in [0.05, 0.1) is 24.9 Å². The minimum atomic E-state index is -0.0426. The summed E-state index contributed by atoms with van der Waals surface area (Å²) in [4.78, 5) is 25.8. The van der Waals surface area contributed by atoms with Crippen molar-refractivity contribution in [2.75, 3.05) is 30.0 Å². The quantitative estimate of drug-likeness (QED) is 0.861. The molecule has 2 aromatic rings. The van der Waals surface area contributed by atoms with Crippen LogP contribution in [-0.4, -0.2) is 36.1 Å². The summed E-state index contributed by atoms with van der Waals surface area (Å²) in [6.45, 7) is 4.73. The maximum atomic E-state index is 12.7. The van der Waals surface area contributed by atoms with E-state index in [1.54, 1.807) is 18.2 Å². The van der Waals surface area contributed by atoms with Gasteiger partial charge in [-0.05, 0) is 43.0 Å². The van der Waals surface area contributed by atoms with Crippen molar-refractivity contribution < 1.29 is 9.53 Å². The van der Waals surface area contributed by atoms with Crippen LogP contribution in [0.15, 0.2) is 30.5 Å². The summed E-state index contributed by atoms with van der Waals surface area (Å²) >= 11 is 0. The van der Waals surface area contributed by atoms with Gasteiger partial charge in [-0.25, -0.2) is 9.97 Å². The molecule has 0 bridgehead atoms. The van der Waals surface area contributed by atoms with Gasteiger partial charge in [-0.3, -0.25) is 4.79 Å². The van der Waals surface area contributed by atoms with Crippen molar-refractivity contribution in [3.63, 3.8) is 0 Å². The monoisotopic (exact) mass is 338 g/mol. The fraction of sp³-hybridized carbons (Fsp3) is 0.421. The number of hydrogen-bond acceptors (Lipinski definition) is 5. The molecule has 0 aliphatic carbocycles. The normalized spacial score (nSPS) is 17.8. The third-order valence-electron chi connectivity index (χ3n) is 5.09. The maximum Gasteiger partial charge on any atom is 0.262 e. The molecule has 0 N–H and O–H groups in total. The topological polar surface area (TPSA) is 58.6 Å². The van der Waals surface area contributed by atoms with Crippen LogP contribution in [0, 0.1) is 5.92 Å². The van der Waals surface area contributed by atoms with Crippen molar-refractivity contribution in [1.82, 2.24) is 9.97 Å². The molecule has 4 rings (SSSR count). The lowest BCUT2D eigenvalue weighted by molar-refractivity contribution is 0.0996. The predicted molar refractivity (Wildman–Crippen MR) is 96.2 cm³/mol. The number of methoxy groups -OCH3 is 1. The van der Waals surface area contributed by atoms with Gasteiger partial charge >= 0.3 is 0 Å². The van der Waals surface area contributed by atoms with Gasteiger partial charge in [-0.1, -0.05) is 6.92 Å². The number of fused-ring (bicyclic) bond motifs is 1. The fourth-order valence-corrected chi connectivity index (χ4v) is 3.40. The van der Waals surface area contributed by atoms with E-state index >= 15 is 0 Å². The van der Waals surface area contributed by atoms with Crippen LogP contribution < -0.4 is 14.5 Å². The van der Waals surface area contributed by atoms with Gasteiger partial charge in [0.25, 0.3) is 5.91 Å². The number of carbonyl (C=O) groups is 1. The van der Waals surface area contributed by atoms with Crippen molar-refractivity contribution in [1.29, 1.82) is 0 Å². The van der Waals surface area contributed by atoms with Gasteiger partial charge in [0.15, 0.2) is 0 Å². The minimum absolute atomic E-state index is 0.0426. The standard InChI is InChI=1S/C19H22N4O2/c1-13-7-9-22(10-8-13)19-20-11-16-17(21-19)12-23(18(16)24)14-3-5-15(25-2)6-4-14/h3-6,11,13H,7-10,12H2,1-2H3. The van der Waals surface area contributed by atoms with Crippen LogP contribution in [0.4, 0.5) is 11.6 Å². The highest BCUT2D eigenvalue weighted by atomic mass is 16.5. The van der Waals surface area contributed by atoms with E-state index in [2.05, 4.69) is 21.8 Å². The summed E-state index contributed by atoms with van der Waals surface area (Å²) in [7, 11) is 1.63. The summed E-state index contributed by atoms with van der Waals surface area (Å²) in [5, 5.41) is 0. The maximum absolute atomic E-state index is 12.7. The number of aromatic nitrogens is 2. The van der Waals surface area contributed by atoms with E-state index in [1.165, 1.54) is 0 Å². The molecule has 0 radical (unpaired) electrons. The molecule has 0 saturated carbocycles. The van der Waals surface area contributed by atoms with Crippen LogP contribution in [0.3, 0.4) is 0 Å².